The van der Waals surface area contributed by atoms with Crippen molar-refractivity contribution in [3.05, 3.63) is 77.4 Å². The maximum atomic E-state index is 11.7. The van der Waals surface area contributed by atoms with Crippen LogP contribution in [0.5, 0.6) is 0 Å². The highest BCUT2D eigenvalue weighted by atomic mass is 32.2. The maximum absolute atomic E-state index is 11.7. The summed E-state index contributed by atoms with van der Waals surface area (Å²) in [7, 11) is -1.20. The Kier molecular flexibility index (Phi) is 5.81. The molecule has 0 amide bonds. The first-order chi connectivity index (χ1) is 14.8. The average Bonchev–Trinajstić information content (AvgIpc) is 3.15. The van der Waals surface area contributed by atoms with Crippen LogP contribution in [0.1, 0.15) is 22.4 Å². The minimum atomic E-state index is -3.19. The predicted molar refractivity (Wildman–Crippen MR) is 119 cm³/mol. The molecule has 0 fully saturated rings. The van der Waals surface area contributed by atoms with Gasteiger partial charge in [0.05, 0.1) is 35.1 Å². The molecule has 1 aliphatic rings. The smallest absolute Gasteiger partial charge is 0.175 e. The molecule has 0 bridgehead atoms. The van der Waals surface area contributed by atoms with Crippen LogP contribution in [0, 0.1) is 11.3 Å². The second kappa shape index (κ2) is 8.53. The molecule has 4 rings (SSSR count). The number of anilines is 1. The summed E-state index contributed by atoms with van der Waals surface area (Å²) < 4.78 is 25.3. The SMILES string of the molecule is Cn1cncc1CN1CC(NCc2ccc(S(C)(=O)=O)cc2)Cc2cc(C#N)ccc21. The minimum Gasteiger partial charge on any atom is -0.364 e. The molecule has 2 heterocycles. The van der Waals surface area contributed by atoms with Crippen molar-refractivity contribution in [3.63, 3.8) is 0 Å². The first kappa shape index (κ1) is 21.1. The van der Waals surface area contributed by atoms with Crippen molar-refractivity contribution in [1.29, 1.82) is 5.26 Å². The molecule has 2 aromatic carbocycles. The van der Waals surface area contributed by atoms with Crippen LogP contribution in [0.4, 0.5) is 5.69 Å². The molecule has 0 saturated heterocycles. The van der Waals surface area contributed by atoms with Gasteiger partial charge in [0.1, 0.15) is 0 Å². The zero-order chi connectivity index (χ0) is 22.0. The zero-order valence-electron chi connectivity index (χ0n) is 17.6. The number of hydrogen-bond donors (Lipinski definition) is 1. The topological polar surface area (TPSA) is 91.0 Å². The Hall–Kier alpha value is -3.15. The fraction of sp³-hybridized carbons (Fsp3) is 0.304. The average molecular weight is 436 g/mol. The summed E-state index contributed by atoms with van der Waals surface area (Å²) in [5.74, 6) is 0. The van der Waals surface area contributed by atoms with Crippen molar-refractivity contribution >= 4 is 15.5 Å². The normalized spacial score (nSPS) is 16.0. The molecule has 3 aromatic rings. The van der Waals surface area contributed by atoms with Crippen molar-refractivity contribution in [2.45, 2.75) is 30.4 Å². The third-order valence-electron chi connectivity index (χ3n) is 5.67. The van der Waals surface area contributed by atoms with Gasteiger partial charge in [-0.25, -0.2) is 13.4 Å². The van der Waals surface area contributed by atoms with E-state index in [9.17, 15) is 13.7 Å². The Balaban J connectivity index is 1.52. The summed E-state index contributed by atoms with van der Waals surface area (Å²) in [6, 6.07) is 15.3. The molecule has 1 aromatic heterocycles. The van der Waals surface area contributed by atoms with Gasteiger partial charge >= 0.3 is 0 Å². The highest BCUT2D eigenvalue weighted by Crippen LogP contribution is 2.29. The molecular weight excluding hydrogens is 410 g/mol. The van der Waals surface area contributed by atoms with Crippen molar-refractivity contribution in [2.24, 2.45) is 7.05 Å². The van der Waals surface area contributed by atoms with Crippen LogP contribution in [-0.4, -0.2) is 36.8 Å². The van der Waals surface area contributed by atoms with E-state index in [1.807, 2.05) is 48.1 Å². The lowest BCUT2D eigenvalue weighted by molar-refractivity contribution is 0.478. The lowest BCUT2D eigenvalue weighted by atomic mass is 9.95. The van der Waals surface area contributed by atoms with Crippen molar-refractivity contribution < 1.29 is 8.42 Å². The molecule has 0 aliphatic carbocycles. The standard InChI is InChI=1S/C23H25N5O2S/c1-27-16-25-13-21(27)15-28-14-20(10-19-9-18(11-24)5-8-23(19)28)26-12-17-3-6-22(7-4-17)31(2,29)30/h3-9,13,16,20,26H,10,12,14-15H2,1-2H3. The summed E-state index contributed by atoms with van der Waals surface area (Å²) in [5, 5.41) is 12.9. The molecular formula is C23H25N5O2S. The second-order valence-corrected chi connectivity index (χ2v) is 10.0. The van der Waals surface area contributed by atoms with Gasteiger partial charge < -0.3 is 14.8 Å². The Morgan fingerprint density at radius 2 is 2.00 bits per heavy atom. The Morgan fingerprint density at radius 3 is 2.65 bits per heavy atom. The van der Waals surface area contributed by atoms with Gasteiger partial charge in [-0.2, -0.15) is 5.26 Å². The third kappa shape index (κ3) is 4.79. The Labute approximate surface area is 182 Å². The summed E-state index contributed by atoms with van der Waals surface area (Å²) in [6.45, 7) is 2.20. The number of aromatic nitrogens is 2. The molecule has 1 atom stereocenters. The van der Waals surface area contributed by atoms with Gasteiger partial charge in [0.15, 0.2) is 9.84 Å². The number of fused-ring (bicyclic) bond motifs is 1. The van der Waals surface area contributed by atoms with Crippen LogP contribution < -0.4 is 10.2 Å². The molecule has 1 aliphatic heterocycles. The van der Waals surface area contributed by atoms with Gasteiger partial charge in [-0.3, -0.25) is 0 Å². The highest BCUT2D eigenvalue weighted by molar-refractivity contribution is 7.90. The molecule has 0 saturated carbocycles. The van der Waals surface area contributed by atoms with E-state index in [1.54, 1.807) is 18.5 Å². The number of imidazole rings is 1. The van der Waals surface area contributed by atoms with Crippen LogP contribution in [0.2, 0.25) is 0 Å². The second-order valence-electron chi connectivity index (χ2n) is 8.03. The van der Waals surface area contributed by atoms with Crippen LogP contribution in [0.3, 0.4) is 0 Å². The predicted octanol–water partition coefficient (Wildman–Crippen LogP) is 2.42. The van der Waals surface area contributed by atoms with E-state index in [0.717, 1.165) is 42.0 Å². The summed E-state index contributed by atoms with van der Waals surface area (Å²) in [4.78, 5) is 6.87. The van der Waals surface area contributed by atoms with Gasteiger partial charge in [-0.1, -0.05) is 12.1 Å². The van der Waals surface area contributed by atoms with Gasteiger partial charge in [-0.15, -0.1) is 0 Å². The number of nitrogens with one attached hydrogen (secondary N) is 1. The first-order valence-electron chi connectivity index (χ1n) is 10.1. The molecule has 160 valence electrons. The molecule has 1 unspecified atom stereocenters. The number of aryl methyl sites for hydroxylation is 1. The number of rotatable bonds is 6. The molecule has 0 radical (unpaired) electrons. The maximum Gasteiger partial charge on any atom is 0.175 e. The minimum absolute atomic E-state index is 0.198. The Bertz CT molecular complexity index is 1230. The van der Waals surface area contributed by atoms with Gasteiger partial charge in [0.2, 0.25) is 0 Å². The molecule has 31 heavy (non-hydrogen) atoms. The molecule has 8 heteroatoms. The van der Waals surface area contributed by atoms with Crippen molar-refractivity contribution in [2.75, 3.05) is 17.7 Å². The lowest BCUT2D eigenvalue weighted by Gasteiger charge is -2.36. The molecule has 1 N–H and O–H groups in total. The van der Waals surface area contributed by atoms with Gasteiger partial charge in [0, 0.05) is 44.3 Å². The first-order valence-corrected chi connectivity index (χ1v) is 12.0. The third-order valence-corrected chi connectivity index (χ3v) is 6.80. The number of nitrogens with zero attached hydrogens (tertiary/aromatic N) is 4. The van der Waals surface area contributed by atoms with E-state index in [-0.39, 0.29) is 6.04 Å². The van der Waals surface area contributed by atoms with Crippen molar-refractivity contribution in [1.82, 2.24) is 14.9 Å². The van der Waals surface area contributed by atoms with E-state index < -0.39 is 9.84 Å². The van der Waals surface area contributed by atoms with Gasteiger partial charge in [-0.05, 0) is 47.9 Å². The molecule has 0 spiro atoms. The fourth-order valence-electron chi connectivity index (χ4n) is 3.96. The van der Waals surface area contributed by atoms with Gasteiger partial charge in [0.25, 0.3) is 0 Å². The lowest BCUT2D eigenvalue weighted by Crippen LogP contribution is -2.46. The summed E-state index contributed by atoms with van der Waals surface area (Å²) >= 11 is 0. The van der Waals surface area contributed by atoms with Crippen LogP contribution >= 0.6 is 0 Å². The number of sulfone groups is 1. The molecule has 7 nitrogen and oxygen atoms in total. The van der Waals surface area contributed by atoms with E-state index in [0.29, 0.717) is 17.0 Å². The highest BCUT2D eigenvalue weighted by Gasteiger charge is 2.25. The number of benzene rings is 2. The van der Waals surface area contributed by atoms with E-state index in [1.165, 1.54) is 6.26 Å². The van der Waals surface area contributed by atoms with Crippen molar-refractivity contribution in [3.8, 4) is 6.07 Å². The van der Waals surface area contributed by atoms with E-state index >= 15 is 0 Å². The summed E-state index contributed by atoms with van der Waals surface area (Å²) in [6.07, 6.45) is 5.72. The van der Waals surface area contributed by atoms with Crippen LogP contribution in [0.15, 0.2) is 59.9 Å². The monoisotopic (exact) mass is 435 g/mol. The Morgan fingerprint density at radius 1 is 1.23 bits per heavy atom. The van der Waals surface area contributed by atoms with Crippen LogP contribution in [0.25, 0.3) is 0 Å². The van der Waals surface area contributed by atoms with E-state index in [2.05, 4.69) is 21.3 Å². The van der Waals surface area contributed by atoms with Crippen LogP contribution in [-0.2, 0) is 36.4 Å². The summed E-state index contributed by atoms with van der Waals surface area (Å²) in [5.41, 5.74) is 5.11. The largest absolute Gasteiger partial charge is 0.364 e. The number of nitriles is 1. The van der Waals surface area contributed by atoms with E-state index in [4.69, 9.17) is 0 Å². The zero-order valence-corrected chi connectivity index (χ0v) is 18.4. The number of hydrogen-bond acceptors (Lipinski definition) is 6. The fourth-order valence-corrected chi connectivity index (χ4v) is 4.59. The quantitative estimate of drug-likeness (QED) is 0.639.